The third-order valence-electron chi connectivity index (χ3n) is 5.46. The van der Waals surface area contributed by atoms with Crippen molar-refractivity contribution in [2.45, 2.75) is 18.2 Å². The normalized spacial score (nSPS) is 17.9. The molecule has 0 bridgehead atoms. The molecule has 1 amide bonds. The summed E-state index contributed by atoms with van der Waals surface area (Å²) in [5.74, 6) is -1.56. The molecule has 0 saturated heterocycles. The third kappa shape index (κ3) is 3.99. The lowest BCUT2D eigenvalue weighted by atomic mass is 9.85. The molecule has 0 aliphatic carbocycles. The third-order valence-corrected chi connectivity index (χ3v) is 6.01. The Morgan fingerprint density at radius 2 is 1.76 bits per heavy atom. The average molecular weight is 513 g/mol. The van der Waals surface area contributed by atoms with Gasteiger partial charge in [0.2, 0.25) is 0 Å². The molecule has 1 aliphatic rings. The topological polar surface area (TPSA) is 67.8 Å². The molecule has 4 rings (SSSR count). The average Bonchev–Trinajstić information content (AvgIpc) is 3.26. The molecule has 0 fully saturated rings. The summed E-state index contributed by atoms with van der Waals surface area (Å²) in [5, 5.41) is 5.90. The van der Waals surface area contributed by atoms with Crippen molar-refractivity contribution in [3.8, 4) is 0 Å². The monoisotopic (exact) mass is 512 g/mol. The maximum Gasteiger partial charge on any atom is 0.435 e. The zero-order valence-corrected chi connectivity index (χ0v) is 18.6. The van der Waals surface area contributed by atoms with E-state index >= 15 is 0 Å². The van der Waals surface area contributed by atoms with E-state index in [1.165, 1.54) is 12.1 Å². The number of alkyl halides is 3. The molecule has 1 heterocycles. The number of carbonyl (C=O) groups is 2. The second-order valence-electron chi connectivity index (χ2n) is 7.47. The molecular weight excluding hydrogens is 499 g/mol. The molecule has 3 aromatic carbocycles. The molecule has 0 spiro atoms. The van der Waals surface area contributed by atoms with Gasteiger partial charge < -0.3 is 14.9 Å². The number of nitrogens with zero attached hydrogens (tertiary/aromatic N) is 1. The highest BCUT2D eigenvalue weighted by atomic mass is 35.5. The molecule has 1 N–H and O–H groups in total. The van der Waals surface area contributed by atoms with Crippen molar-refractivity contribution in [2.75, 3.05) is 6.54 Å². The first kappa shape index (κ1) is 24.0. The summed E-state index contributed by atoms with van der Waals surface area (Å²) in [5.41, 5.74) is -2.92. The van der Waals surface area contributed by atoms with Crippen LogP contribution in [0.1, 0.15) is 27.9 Å². The Morgan fingerprint density at radius 1 is 1.12 bits per heavy atom. The number of halogens is 6. The maximum absolute atomic E-state index is 14.3. The van der Waals surface area contributed by atoms with Gasteiger partial charge in [-0.3, -0.25) is 4.79 Å². The lowest BCUT2D eigenvalue weighted by molar-refractivity contribution is -0.275. The number of fused-ring (bicyclic) bond motifs is 1. The molecule has 0 radical (unpaired) electrons. The van der Waals surface area contributed by atoms with Gasteiger partial charge in [-0.1, -0.05) is 58.7 Å². The van der Waals surface area contributed by atoms with E-state index in [1.807, 2.05) is 0 Å². The summed E-state index contributed by atoms with van der Waals surface area (Å²) < 4.78 is 56.7. The van der Waals surface area contributed by atoms with Gasteiger partial charge in [0.15, 0.2) is 5.82 Å². The molecule has 3 aromatic rings. The van der Waals surface area contributed by atoms with E-state index in [0.717, 1.165) is 12.1 Å². The van der Waals surface area contributed by atoms with Gasteiger partial charge in [-0.05, 0) is 29.0 Å². The number of benzene rings is 3. The van der Waals surface area contributed by atoms with Crippen LogP contribution in [0.2, 0.25) is 10.0 Å². The molecule has 176 valence electrons. The van der Waals surface area contributed by atoms with Crippen molar-refractivity contribution in [1.29, 1.82) is 0 Å². The van der Waals surface area contributed by atoms with Gasteiger partial charge in [0.25, 0.3) is 11.5 Å². The second kappa shape index (κ2) is 8.88. The minimum atomic E-state index is -4.95. The predicted molar refractivity (Wildman–Crippen MR) is 119 cm³/mol. The second-order valence-corrected chi connectivity index (χ2v) is 8.28. The number of aldehydes is 1. The Hall–Kier alpha value is -3.17. The van der Waals surface area contributed by atoms with Crippen molar-refractivity contribution in [3.63, 3.8) is 0 Å². The molecule has 34 heavy (non-hydrogen) atoms. The Balaban J connectivity index is 1.79. The Kier molecular flexibility index (Phi) is 6.26. The fourth-order valence-electron chi connectivity index (χ4n) is 3.82. The molecule has 1 atom stereocenters. The highest BCUT2D eigenvalue weighted by molar-refractivity contribution is 6.35. The number of oxime groups is 1. The highest BCUT2D eigenvalue weighted by Gasteiger charge is 2.62. The fraction of sp³-hybridized carbons (Fsp3) is 0.174. The first-order chi connectivity index (χ1) is 16.1. The fourth-order valence-corrected chi connectivity index (χ4v) is 4.30. The van der Waals surface area contributed by atoms with Gasteiger partial charge in [0, 0.05) is 23.1 Å². The van der Waals surface area contributed by atoms with E-state index < -0.39 is 45.5 Å². The SMILES string of the molecule is O=CCNC(=O)c1ccc(C2=NOC(c3cc(Cl)c(F)c(Cl)c3)(C(F)(F)F)C2)c2ccccc12. The summed E-state index contributed by atoms with van der Waals surface area (Å²) in [6.07, 6.45) is -5.16. The zero-order chi connectivity index (χ0) is 24.7. The van der Waals surface area contributed by atoms with E-state index in [0.29, 0.717) is 22.6 Å². The minimum absolute atomic E-state index is 0.0371. The first-order valence-corrected chi connectivity index (χ1v) is 10.6. The van der Waals surface area contributed by atoms with Crippen LogP contribution in [0.5, 0.6) is 0 Å². The van der Waals surface area contributed by atoms with Crippen LogP contribution in [0, 0.1) is 5.82 Å². The van der Waals surface area contributed by atoms with Crippen LogP contribution in [-0.2, 0) is 15.2 Å². The zero-order valence-electron chi connectivity index (χ0n) is 17.1. The van der Waals surface area contributed by atoms with Crippen molar-refractivity contribution < 1.29 is 32.0 Å². The van der Waals surface area contributed by atoms with Gasteiger partial charge in [0.05, 0.1) is 22.3 Å². The van der Waals surface area contributed by atoms with E-state index in [2.05, 4.69) is 10.5 Å². The quantitative estimate of drug-likeness (QED) is 0.267. The number of carbonyl (C=O) groups excluding carboxylic acids is 2. The van der Waals surface area contributed by atoms with Gasteiger partial charge >= 0.3 is 6.18 Å². The van der Waals surface area contributed by atoms with E-state index in [-0.39, 0.29) is 17.8 Å². The molecule has 0 saturated carbocycles. The van der Waals surface area contributed by atoms with Gasteiger partial charge in [-0.25, -0.2) is 4.39 Å². The standard InChI is InChI=1S/C23H14Cl2F4N2O3/c24-17-9-12(10-18(25)20(17)26)22(23(27,28)29)11-19(31-34-22)15-5-6-16(21(33)30-7-8-32)14-4-2-1-3-13(14)15/h1-6,8-10H,7,11H2,(H,30,33). The molecular formula is C23H14Cl2F4N2O3. The van der Waals surface area contributed by atoms with E-state index in [1.54, 1.807) is 24.3 Å². The Labute approximate surface area is 200 Å². The van der Waals surface area contributed by atoms with Crippen LogP contribution in [0.4, 0.5) is 17.6 Å². The molecule has 1 aliphatic heterocycles. The Morgan fingerprint density at radius 3 is 2.38 bits per heavy atom. The van der Waals surface area contributed by atoms with Gasteiger partial charge in [-0.2, -0.15) is 13.2 Å². The lowest BCUT2D eigenvalue weighted by Gasteiger charge is -2.29. The van der Waals surface area contributed by atoms with Crippen LogP contribution < -0.4 is 5.32 Å². The summed E-state index contributed by atoms with van der Waals surface area (Å²) in [4.78, 5) is 28.0. The number of nitrogens with one attached hydrogen (secondary N) is 1. The van der Waals surface area contributed by atoms with Crippen LogP contribution in [0.25, 0.3) is 10.8 Å². The molecule has 5 nitrogen and oxygen atoms in total. The summed E-state index contributed by atoms with van der Waals surface area (Å²) >= 11 is 11.5. The van der Waals surface area contributed by atoms with Crippen LogP contribution in [0.15, 0.2) is 53.7 Å². The number of hydrogen-bond acceptors (Lipinski definition) is 4. The molecule has 1 unspecified atom stereocenters. The van der Waals surface area contributed by atoms with E-state index in [4.69, 9.17) is 28.0 Å². The maximum atomic E-state index is 14.3. The molecule has 0 aromatic heterocycles. The number of hydrogen-bond donors (Lipinski definition) is 1. The summed E-state index contributed by atoms with van der Waals surface area (Å²) in [6.45, 7) is -0.188. The summed E-state index contributed by atoms with van der Waals surface area (Å²) in [7, 11) is 0. The number of rotatable bonds is 5. The van der Waals surface area contributed by atoms with Gasteiger partial charge in [-0.15, -0.1) is 0 Å². The summed E-state index contributed by atoms with van der Waals surface area (Å²) in [6, 6.07) is 11.1. The lowest BCUT2D eigenvalue weighted by Crippen LogP contribution is -2.42. The van der Waals surface area contributed by atoms with Crippen LogP contribution in [0.3, 0.4) is 0 Å². The van der Waals surface area contributed by atoms with Crippen LogP contribution >= 0.6 is 23.2 Å². The van der Waals surface area contributed by atoms with Crippen molar-refractivity contribution in [2.24, 2.45) is 5.16 Å². The minimum Gasteiger partial charge on any atom is -0.374 e. The predicted octanol–water partition coefficient (Wildman–Crippen LogP) is 5.80. The van der Waals surface area contributed by atoms with Gasteiger partial charge in [0.1, 0.15) is 6.29 Å². The molecule has 11 heteroatoms. The number of amides is 1. The smallest absolute Gasteiger partial charge is 0.374 e. The highest BCUT2D eigenvalue weighted by Crippen LogP contribution is 2.50. The largest absolute Gasteiger partial charge is 0.435 e. The van der Waals surface area contributed by atoms with Crippen molar-refractivity contribution in [1.82, 2.24) is 5.32 Å². The van der Waals surface area contributed by atoms with Crippen LogP contribution in [-0.4, -0.2) is 30.6 Å². The Bertz CT molecular complexity index is 1320. The van der Waals surface area contributed by atoms with E-state index in [9.17, 15) is 27.2 Å². The first-order valence-electron chi connectivity index (χ1n) is 9.80. The van der Waals surface area contributed by atoms with Crippen molar-refractivity contribution in [3.05, 3.63) is 81.1 Å². The van der Waals surface area contributed by atoms with Crippen molar-refractivity contribution >= 4 is 51.9 Å².